The van der Waals surface area contributed by atoms with Gasteiger partial charge in [-0.2, -0.15) is 13.2 Å². The summed E-state index contributed by atoms with van der Waals surface area (Å²) in [5, 5.41) is 2.46. The highest BCUT2D eigenvalue weighted by atomic mass is 79.9. The van der Waals surface area contributed by atoms with E-state index in [-0.39, 0.29) is 11.5 Å². The molecule has 2 saturated carbocycles. The predicted octanol–water partition coefficient (Wildman–Crippen LogP) is 4.80. The lowest BCUT2D eigenvalue weighted by molar-refractivity contribution is -0.137. The smallest absolute Gasteiger partial charge is 0.325 e. The van der Waals surface area contributed by atoms with Crippen LogP contribution in [0.4, 0.5) is 18.9 Å². The van der Waals surface area contributed by atoms with Gasteiger partial charge in [0.25, 0.3) is 0 Å². The highest BCUT2D eigenvalue weighted by molar-refractivity contribution is 9.10. The summed E-state index contributed by atoms with van der Waals surface area (Å²) < 4.78 is 39.6. The van der Waals surface area contributed by atoms with Crippen LogP contribution in [0.2, 0.25) is 0 Å². The second kappa shape index (κ2) is 5.32. The van der Waals surface area contributed by atoms with Crippen LogP contribution < -0.4 is 5.32 Å². The van der Waals surface area contributed by atoms with Crippen molar-refractivity contribution in [1.82, 2.24) is 0 Å². The molecule has 0 heterocycles. The van der Waals surface area contributed by atoms with Gasteiger partial charge in [0.15, 0.2) is 5.78 Å². The third kappa shape index (κ3) is 2.17. The molecule has 2 bridgehead atoms. The quantitative estimate of drug-likeness (QED) is 0.702. The number of benzene rings is 1. The van der Waals surface area contributed by atoms with E-state index in [0.717, 1.165) is 6.07 Å². The topological polar surface area (TPSA) is 46.2 Å². The standard InChI is InChI=1S/C18H19BrF3NO2/c1-15(2)16(3)8-9-17(15,12(19)13(16)24)14(25)23-11-7-5-4-6-10(11)18(20,21)22/h4-7,12H,8-9H2,1-3H3,(H,23,25)/t12-,16+,17-/m1/s1. The number of anilines is 1. The Kier molecular flexibility index (Phi) is 3.92. The molecule has 0 aromatic heterocycles. The lowest BCUT2D eigenvalue weighted by Crippen LogP contribution is -2.48. The zero-order valence-corrected chi connectivity index (χ0v) is 15.7. The number of carbonyl (C=O) groups excluding carboxylic acids is 2. The second-order valence-electron chi connectivity index (χ2n) is 7.65. The van der Waals surface area contributed by atoms with Crippen molar-refractivity contribution in [2.24, 2.45) is 16.2 Å². The van der Waals surface area contributed by atoms with Crippen molar-refractivity contribution in [3.05, 3.63) is 29.8 Å². The second-order valence-corrected chi connectivity index (χ2v) is 8.57. The van der Waals surface area contributed by atoms with Crippen molar-refractivity contribution in [2.75, 3.05) is 5.32 Å². The van der Waals surface area contributed by atoms with Gasteiger partial charge in [0.05, 0.1) is 21.5 Å². The summed E-state index contributed by atoms with van der Waals surface area (Å²) >= 11 is 3.37. The number of alkyl halides is 4. The van der Waals surface area contributed by atoms with Crippen LogP contribution in [0.5, 0.6) is 0 Å². The Morgan fingerprint density at radius 1 is 1.20 bits per heavy atom. The minimum absolute atomic E-state index is 0.0528. The van der Waals surface area contributed by atoms with Gasteiger partial charge in [0.2, 0.25) is 5.91 Å². The summed E-state index contributed by atoms with van der Waals surface area (Å²) in [7, 11) is 0. The molecule has 136 valence electrons. The number of carbonyl (C=O) groups is 2. The van der Waals surface area contributed by atoms with Gasteiger partial charge < -0.3 is 5.32 Å². The molecule has 2 aliphatic carbocycles. The Balaban J connectivity index is 2.02. The lowest BCUT2D eigenvalue weighted by Gasteiger charge is -2.39. The first-order valence-corrected chi connectivity index (χ1v) is 8.97. The van der Waals surface area contributed by atoms with E-state index in [4.69, 9.17) is 0 Å². The van der Waals surface area contributed by atoms with Gasteiger partial charge in [-0.25, -0.2) is 0 Å². The molecule has 0 saturated heterocycles. The van der Waals surface area contributed by atoms with E-state index >= 15 is 0 Å². The van der Waals surface area contributed by atoms with E-state index < -0.39 is 38.7 Å². The summed E-state index contributed by atoms with van der Waals surface area (Å²) in [4.78, 5) is 25.1. The molecular formula is C18H19BrF3NO2. The third-order valence-electron chi connectivity index (χ3n) is 6.61. The summed E-state index contributed by atoms with van der Waals surface area (Å²) in [6, 6.07) is 4.89. The Morgan fingerprint density at radius 3 is 2.32 bits per heavy atom. The molecule has 2 aliphatic rings. The average molecular weight is 418 g/mol. The molecule has 1 amide bonds. The van der Waals surface area contributed by atoms with E-state index in [1.54, 1.807) is 0 Å². The number of ketones is 1. The first-order chi connectivity index (χ1) is 11.4. The molecule has 1 aromatic carbocycles. The highest BCUT2D eigenvalue weighted by Crippen LogP contribution is 2.72. The van der Waals surface area contributed by atoms with Gasteiger partial charge in [-0.05, 0) is 30.4 Å². The fourth-order valence-corrected chi connectivity index (χ4v) is 6.04. The van der Waals surface area contributed by atoms with Crippen LogP contribution in [0.15, 0.2) is 24.3 Å². The number of amides is 1. The summed E-state index contributed by atoms with van der Waals surface area (Å²) in [6.07, 6.45) is -3.56. The first kappa shape index (κ1) is 18.4. The highest BCUT2D eigenvalue weighted by Gasteiger charge is 2.76. The minimum Gasteiger partial charge on any atom is -0.325 e. The lowest BCUT2D eigenvalue weighted by atomic mass is 9.64. The van der Waals surface area contributed by atoms with Crippen molar-refractivity contribution in [1.29, 1.82) is 0 Å². The molecule has 0 aliphatic heterocycles. The Bertz CT molecular complexity index is 761. The van der Waals surface area contributed by atoms with Crippen molar-refractivity contribution in [2.45, 2.75) is 44.6 Å². The Morgan fingerprint density at radius 2 is 1.80 bits per heavy atom. The van der Waals surface area contributed by atoms with Crippen molar-refractivity contribution in [3.8, 4) is 0 Å². The monoisotopic (exact) mass is 417 g/mol. The summed E-state index contributed by atoms with van der Waals surface area (Å²) in [5.41, 5.74) is -3.58. The van der Waals surface area contributed by atoms with Gasteiger partial charge in [-0.3, -0.25) is 9.59 Å². The van der Waals surface area contributed by atoms with Gasteiger partial charge in [0.1, 0.15) is 0 Å². The predicted molar refractivity (Wildman–Crippen MR) is 91.4 cm³/mol. The van der Waals surface area contributed by atoms with Crippen LogP contribution in [-0.4, -0.2) is 16.5 Å². The van der Waals surface area contributed by atoms with Gasteiger partial charge in [-0.1, -0.05) is 48.8 Å². The Hall–Kier alpha value is -1.37. The fraction of sp³-hybridized carbons (Fsp3) is 0.556. The van der Waals surface area contributed by atoms with E-state index in [1.165, 1.54) is 18.2 Å². The molecule has 2 fully saturated rings. The van der Waals surface area contributed by atoms with E-state index in [2.05, 4.69) is 21.2 Å². The van der Waals surface area contributed by atoms with Crippen LogP contribution in [0, 0.1) is 16.2 Å². The zero-order valence-electron chi connectivity index (χ0n) is 14.1. The molecule has 3 rings (SSSR count). The van der Waals surface area contributed by atoms with Crippen molar-refractivity contribution < 1.29 is 22.8 Å². The molecule has 1 aromatic rings. The maximum Gasteiger partial charge on any atom is 0.418 e. The number of Topliss-reactive ketones (excluding diaryl/α,β-unsaturated/α-hetero) is 1. The number of rotatable bonds is 2. The number of hydrogen-bond acceptors (Lipinski definition) is 2. The molecule has 0 spiro atoms. The molecule has 3 atom stereocenters. The molecule has 0 unspecified atom stereocenters. The molecule has 3 nitrogen and oxygen atoms in total. The largest absolute Gasteiger partial charge is 0.418 e. The van der Waals surface area contributed by atoms with Crippen LogP contribution in [0.25, 0.3) is 0 Å². The maximum atomic E-state index is 13.2. The maximum absolute atomic E-state index is 13.2. The van der Waals surface area contributed by atoms with E-state index in [9.17, 15) is 22.8 Å². The van der Waals surface area contributed by atoms with Gasteiger partial charge in [-0.15, -0.1) is 0 Å². The van der Waals surface area contributed by atoms with Gasteiger partial charge >= 0.3 is 6.18 Å². The summed E-state index contributed by atoms with van der Waals surface area (Å²) in [6.45, 7) is 5.55. The number of hydrogen-bond donors (Lipinski definition) is 1. The molecule has 0 radical (unpaired) electrons. The fourth-order valence-electron chi connectivity index (χ4n) is 4.53. The van der Waals surface area contributed by atoms with Crippen LogP contribution >= 0.6 is 15.9 Å². The molecule has 25 heavy (non-hydrogen) atoms. The van der Waals surface area contributed by atoms with Gasteiger partial charge in [0, 0.05) is 5.41 Å². The number of para-hydroxylation sites is 1. The normalized spacial score (nSPS) is 33.6. The minimum atomic E-state index is -4.57. The van der Waals surface area contributed by atoms with E-state index in [1.807, 2.05) is 20.8 Å². The van der Waals surface area contributed by atoms with Crippen LogP contribution in [0.1, 0.15) is 39.2 Å². The number of fused-ring (bicyclic) bond motifs is 2. The zero-order chi connectivity index (χ0) is 18.8. The van der Waals surface area contributed by atoms with Crippen molar-refractivity contribution in [3.63, 3.8) is 0 Å². The van der Waals surface area contributed by atoms with Crippen LogP contribution in [-0.2, 0) is 15.8 Å². The summed E-state index contributed by atoms with van der Waals surface area (Å²) in [5.74, 6) is -0.589. The SMILES string of the molecule is CC1(C)[C@@]2(C)CC[C@]1(C(=O)Nc1ccccc1C(F)(F)F)[C@H](Br)C2=O. The average Bonchev–Trinajstić information content (AvgIpc) is 2.79. The molecular weight excluding hydrogens is 399 g/mol. The number of nitrogens with one attached hydrogen (secondary N) is 1. The number of halogens is 4. The van der Waals surface area contributed by atoms with E-state index in [0.29, 0.717) is 12.8 Å². The molecule has 7 heteroatoms. The van der Waals surface area contributed by atoms with Crippen LogP contribution in [0.3, 0.4) is 0 Å². The third-order valence-corrected chi connectivity index (χ3v) is 7.80. The first-order valence-electron chi connectivity index (χ1n) is 8.06. The molecule has 1 N–H and O–H groups in total. The van der Waals surface area contributed by atoms with Crippen molar-refractivity contribution >= 4 is 33.3 Å². The Labute approximate surface area is 152 Å².